The van der Waals surface area contributed by atoms with E-state index in [9.17, 15) is 4.79 Å². The summed E-state index contributed by atoms with van der Waals surface area (Å²) in [6.07, 6.45) is 8.22. The number of epoxide rings is 1. The lowest BCUT2D eigenvalue weighted by atomic mass is 9.53. The lowest BCUT2D eigenvalue weighted by Gasteiger charge is -2.49. The maximum Gasteiger partial charge on any atom is 0.311 e. The van der Waals surface area contributed by atoms with Crippen molar-refractivity contribution in [1.82, 2.24) is 4.90 Å². The molecule has 0 N–H and O–H groups in total. The maximum absolute atomic E-state index is 13.0. The lowest BCUT2D eigenvalue weighted by molar-refractivity contribution is -0.146. The van der Waals surface area contributed by atoms with E-state index in [-0.39, 0.29) is 41.0 Å². The number of halogens is 1. The van der Waals surface area contributed by atoms with Crippen LogP contribution in [0.25, 0.3) is 5.57 Å². The molecule has 166 valence electrons. The fourth-order valence-electron chi connectivity index (χ4n) is 7.52. The minimum absolute atomic E-state index is 0.00280. The number of hydrogen-bond acceptors (Lipinski definition) is 4. The number of carbonyl (C=O) groups excluding carboxylic acids is 1. The third-order valence-corrected chi connectivity index (χ3v) is 9.41. The first-order valence-corrected chi connectivity index (χ1v) is 12.3. The Labute approximate surface area is 189 Å². The molecule has 4 fully saturated rings. The largest absolute Gasteiger partial charge is 0.462 e. The Morgan fingerprint density at radius 3 is 2.81 bits per heavy atom. The summed E-state index contributed by atoms with van der Waals surface area (Å²) in [7, 11) is 0. The van der Waals surface area contributed by atoms with Crippen LogP contribution in [0.2, 0.25) is 5.02 Å². The molecule has 7 atom stereocenters. The molecule has 3 unspecified atom stereocenters. The summed E-state index contributed by atoms with van der Waals surface area (Å²) in [6, 6.07) is 8.09. The minimum Gasteiger partial charge on any atom is -0.462 e. The number of hydrogen-bond donors (Lipinski definition) is 0. The highest BCUT2D eigenvalue weighted by Gasteiger charge is 2.78. The van der Waals surface area contributed by atoms with Crippen LogP contribution in [0.5, 0.6) is 0 Å². The molecule has 4 nitrogen and oxygen atoms in total. The van der Waals surface area contributed by atoms with Crippen LogP contribution < -0.4 is 0 Å². The number of fused-ring (bicyclic) bond motifs is 2. The average molecular weight is 442 g/mol. The van der Waals surface area contributed by atoms with Crippen molar-refractivity contribution in [3.8, 4) is 0 Å². The normalized spacial score (nSPS) is 44.0. The molecular weight excluding hydrogens is 410 g/mol. The van der Waals surface area contributed by atoms with Crippen molar-refractivity contribution < 1.29 is 14.3 Å². The summed E-state index contributed by atoms with van der Waals surface area (Å²) < 4.78 is 12.6. The topological polar surface area (TPSA) is 42.1 Å². The van der Waals surface area contributed by atoms with Crippen LogP contribution in [0, 0.1) is 23.2 Å². The highest BCUT2D eigenvalue weighted by atomic mass is 35.5. The van der Waals surface area contributed by atoms with Crippen LogP contribution in [0.1, 0.15) is 51.5 Å². The second-order valence-corrected chi connectivity index (χ2v) is 11.2. The van der Waals surface area contributed by atoms with Crippen LogP contribution >= 0.6 is 11.6 Å². The molecule has 0 radical (unpaired) electrons. The SMILES string of the molecule is C[C@H]1CCC[C@]2(C)C[C@H]3OC(=O)C(CN4CC=C(c5ccc(Cl)cc5)CC4)[C@H]3C3OC312. The monoisotopic (exact) mass is 441 g/mol. The molecule has 0 amide bonds. The van der Waals surface area contributed by atoms with Gasteiger partial charge in [-0.3, -0.25) is 9.69 Å². The Balaban J connectivity index is 1.17. The molecule has 1 aromatic carbocycles. The summed E-state index contributed by atoms with van der Waals surface area (Å²) in [5.74, 6) is 0.748. The van der Waals surface area contributed by atoms with Crippen LogP contribution in [0.15, 0.2) is 30.3 Å². The summed E-state index contributed by atoms with van der Waals surface area (Å²) in [5, 5.41) is 0.770. The van der Waals surface area contributed by atoms with E-state index in [0.29, 0.717) is 5.92 Å². The van der Waals surface area contributed by atoms with Gasteiger partial charge in [0, 0.05) is 36.0 Å². The Bertz CT molecular complexity index is 929. The van der Waals surface area contributed by atoms with E-state index in [1.807, 2.05) is 12.1 Å². The summed E-state index contributed by atoms with van der Waals surface area (Å²) in [5.41, 5.74) is 2.76. The van der Waals surface area contributed by atoms with Gasteiger partial charge in [-0.15, -0.1) is 0 Å². The van der Waals surface area contributed by atoms with Crippen molar-refractivity contribution in [2.24, 2.45) is 23.2 Å². The molecule has 2 saturated heterocycles. The number of carbonyl (C=O) groups is 1. The second kappa shape index (κ2) is 7.07. The Hall–Kier alpha value is -1.36. The fraction of sp³-hybridized carbons (Fsp3) is 0.654. The number of rotatable bonds is 3. The molecule has 5 aliphatic rings. The van der Waals surface area contributed by atoms with Crippen LogP contribution in [0.4, 0.5) is 0 Å². The van der Waals surface area contributed by atoms with E-state index < -0.39 is 0 Å². The highest BCUT2D eigenvalue weighted by Crippen LogP contribution is 2.70. The first-order chi connectivity index (χ1) is 14.9. The molecule has 3 aliphatic heterocycles. The van der Waals surface area contributed by atoms with Gasteiger partial charge in [0.1, 0.15) is 11.7 Å². The molecule has 0 bridgehead atoms. The molecule has 1 spiro atoms. The molecule has 0 aromatic heterocycles. The zero-order chi connectivity index (χ0) is 21.4. The second-order valence-electron chi connectivity index (χ2n) is 10.8. The van der Waals surface area contributed by atoms with E-state index in [1.54, 1.807) is 0 Å². The smallest absolute Gasteiger partial charge is 0.311 e. The minimum atomic E-state index is -0.0569. The van der Waals surface area contributed by atoms with Crippen molar-refractivity contribution in [3.05, 3.63) is 40.9 Å². The van der Waals surface area contributed by atoms with Gasteiger partial charge < -0.3 is 9.47 Å². The Morgan fingerprint density at radius 2 is 2.06 bits per heavy atom. The summed E-state index contributed by atoms with van der Waals surface area (Å²) in [4.78, 5) is 15.4. The average Bonchev–Trinajstić information content (AvgIpc) is 3.44. The van der Waals surface area contributed by atoms with Gasteiger partial charge in [-0.05, 0) is 54.9 Å². The Kier molecular flexibility index (Phi) is 4.62. The van der Waals surface area contributed by atoms with E-state index in [0.717, 1.165) is 37.5 Å². The number of esters is 1. The van der Waals surface area contributed by atoms with Gasteiger partial charge in [-0.25, -0.2) is 0 Å². The third kappa shape index (κ3) is 2.98. The van der Waals surface area contributed by atoms with Gasteiger partial charge in [0.2, 0.25) is 0 Å². The summed E-state index contributed by atoms with van der Waals surface area (Å²) in [6.45, 7) is 7.38. The number of nitrogens with zero attached hydrogens (tertiary/aromatic N) is 1. The van der Waals surface area contributed by atoms with Crippen molar-refractivity contribution in [2.75, 3.05) is 19.6 Å². The van der Waals surface area contributed by atoms with Crippen molar-refractivity contribution in [2.45, 2.75) is 63.8 Å². The molecule has 5 heteroatoms. The third-order valence-electron chi connectivity index (χ3n) is 9.16. The standard InChI is InChI=1S/C26H32ClNO3/c1-16-4-3-11-25(2)14-21-22(23-26(16,25)31-23)20(24(29)30-21)15-28-12-9-18(10-13-28)17-5-7-19(27)8-6-17/h5-9,16,20-23H,3-4,10-15H2,1-2H3/t16-,20?,21+,22+,23?,25+,26?/m0/s1. The maximum atomic E-state index is 13.0. The highest BCUT2D eigenvalue weighted by molar-refractivity contribution is 6.30. The van der Waals surface area contributed by atoms with Gasteiger partial charge in [-0.2, -0.15) is 0 Å². The van der Waals surface area contributed by atoms with E-state index in [4.69, 9.17) is 21.1 Å². The molecular formula is C26H32ClNO3. The Morgan fingerprint density at radius 1 is 1.26 bits per heavy atom. The van der Waals surface area contributed by atoms with E-state index in [2.05, 4.69) is 37.0 Å². The van der Waals surface area contributed by atoms with Gasteiger partial charge >= 0.3 is 5.97 Å². The first kappa shape index (κ1) is 20.3. The van der Waals surface area contributed by atoms with Gasteiger partial charge in [0.05, 0.1) is 12.0 Å². The predicted octanol–water partition coefficient (Wildman–Crippen LogP) is 4.95. The van der Waals surface area contributed by atoms with Crippen molar-refractivity contribution >= 4 is 23.1 Å². The number of ether oxygens (including phenoxy) is 2. The molecule has 6 rings (SSSR count). The molecule has 31 heavy (non-hydrogen) atoms. The zero-order valence-corrected chi connectivity index (χ0v) is 19.2. The van der Waals surface area contributed by atoms with Gasteiger partial charge in [0.25, 0.3) is 0 Å². The van der Waals surface area contributed by atoms with E-state index >= 15 is 0 Å². The molecule has 3 heterocycles. The predicted molar refractivity (Wildman–Crippen MR) is 121 cm³/mol. The van der Waals surface area contributed by atoms with Gasteiger partial charge in [0.15, 0.2) is 0 Å². The van der Waals surface area contributed by atoms with Crippen LogP contribution in [-0.4, -0.2) is 48.3 Å². The van der Waals surface area contributed by atoms with Crippen LogP contribution in [-0.2, 0) is 14.3 Å². The number of benzene rings is 1. The molecule has 2 saturated carbocycles. The summed E-state index contributed by atoms with van der Waals surface area (Å²) >= 11 is 6.03. The zero-order valence-electron chi connectivity index (χ0n) is 18.5. The quantitative estimate of drug-likeness (QED) is 0.491. The molecule has 1 aromatic rings. The van der Waals surface area contributed by atoms with Crippen molar-refractivity contribution in [3.63, 3.8) is 0 Å². The van der Waals surface area contributed by atoms with E-state index in [1.165, 1.54) is 30.4 Å². The first-order valence-electron chi connectivity index (χ1n) is 12.0. The molecule has 2 aliphatic carbocycles. The van der Waals surface area contributed by atoms with Gasteiger partial charge in [-0.1, -0.05) is 50.1 Å². The fourth-order valence-corrected chi connectivity index (χ4v) is 7.65. The van der Waals surface area contributed by atoms with Crippen molar-refractivity contribution in [1.29, 1.82) is 0 Å². The van der Waals surface area contributed by atoms with Crippen LogP contribution in [0.3, 0.4) is 0 Å². The lowest BCUT2D eigenvalue weighted by Crippen LogP contribution is -2.54.